The number of carbonyl (C=O) groups excluding carboxylic acids is 2. The predicted octanol–water partition coefficient (Wildman–Crippen LogP) is 4.77. The van der Waals surface area contributed by atoms with Crippen LogP contribution < -0.4 is 24.4 Å². The van der Waals surface area contributed by atoms with Crippen molar-refractivity contribution in [3.8, 4) is 17.2 Å². The summed E-state index contributed by atoms with van der Waals surface area (Å²) in [6, 6.07) is 19.5. The number of hydrogen-bond donors (Lipinski definition) is 1. The number of rotatable bonds is 7. The number of benzene rings is 3. The summed E-state index contributed by atoms with van der Waals surface area (Å²) >= 11 is 11.2. The average Bonchev–Trinajstić information content (AvgIpc) is 2.86. The van der Waals surface area contributed by atoms with Crippen molar-refractivity contribution in [2.75, 3.05) is 19.1 Å². The Morgan fingerprint density at radius 2 is 1.66 bits per heavy atom. The van der Waals surface area contributed by atoms with Gasteiger partial charge in [-0.25, -0.2) is 0 Å². The molecule has 0 saturated carbocycles. The molecule has 7 nitrogen and oxygen atoms in total. The smallest absolute Gasteiger partial charge is 0.270 e. The van der Waals surface area contributed by atoms with Gasteiger partial charge in [0.05, 0.1) is 19.9 Å². The van der Waals surface area contributed by atoms with E-state index in [1.54, 1.807) is 36.4 Å². The minimum absolute atomic E-state index is 0.0151. The number of nitrogens with zero attached hydrogens (tertiary/aromatic N) is 1. The zero-order valence-electron chi connectivity index (χ0n) is 18.9. The highest BCUT2D eigenvalue weighted by Crippen LogP contribution is 2.39. The number of anilines is 1. The van der Waals surface area contributed by atoms with Crippen molar-refractivity contribution < 1.29 is 23.8 Å². The molecule has 0 aromatic heterocycles. The first-order valence-corrected chi connectivity index (χ1v) is 11.3. The van der Waals surface area contributed by atoms with Gasteiger partial charge in [0.1, 0.15) is 12.2 Å². The standard InChI is InChI=1S/C26H21ClN2O5S/c1-32-21-13-17(14-22(23(21)33-2)34-15-16-6-4-3-5-7-16)12-20-24(30)28-26(35)29(25(20)31)19-10-8-18(27)9-11-19/h3-14H,15H2,1-2H3,(H,28,30,35). The van der Waals surface area contributed by atoms with Crippen LogP contribution in [0.5, 0.6) is 17.2 Å². The summed E-state index contributed by atoms with van der Waals surface area (Å²) in [7, 11) is 3.00. The van der Waals surface area contributed by atoms with Gasteiger partial charge in [-0.2, -0.15) is 0 Å². The largest absolute Gasteiger partial charge is 0.493 e. The van der Waals surface area contributed by atoms with Crippen LogP contribution in [0.25, 0.3) is 6.08 Å². The fraction of sp³-hybridized carbons (Fsp3) is 0.115. The summed E-state index contributed by atoms with van der Waals surface area (Å²) in [5.74, 6) is 0.0123. The number of amides is 2. The molecule has 3 aromatic rings. The lowest BCUT2D eigenvalue weighted by Crippen LogP contribution is -2.54. The first kappa shape index (κ1) is 24.3. The molecule has 1 fully saturated rings. The van der Waals surface area contributed by atoms with E-state index < -0.39 is 11.8 Å². The molecule has 1 heterocycles. The first-order chi connectivity index (χ1) is 16.9. The molecule has 0 spiro atoms. The van der Waals surface area contributed by atoms with Crippen LogP contribution in [0.3, 0.4) is 0 Å². The Bertz CT molecular complexity index is 1310. The van der Waals surface area contributed by atoms with E-state index in [4.69, 9.17) is 38.0 Å². The minimum atomic E-state index is -0.605. The molecule has 178 valence electrons. The third kappa shape index (κ3) is 5.29. The van der Waals surface area contributed by atoms with Gasteiger partial charge in [0.25, 0.3) is 11.8 Å². The Morgan fingerprint density at radius 1 is 0.971 bits per heavy atom. The number of carbonyl (C=O) groups is 2. The molecule has 3 aromatic carbocycles. The second kappa shape index (κ2) is 10.6. The average molecular weight is 509 g/mol. The van der Waals surface area contributed by atoms with Gasteiger partial charge in [0, 0.05) is 5.02 Å². The molecular weight excluding hydrogens is 488 g/mol. The third-order valence-corrected chi connectivity index (χ3v) is 5.74. The van der Waals surface area contributed by atoms with Crippen LogP contribution in [0, 0.1) is 0 Å². The Kier molecular flexibility index (Phi) is 7.33. The fourth-order valence-corrected chi connectivity index (χ4v) is 3.93. The highest BCUT2D eigenvalue weighted by atomic mass is 35.5. The van der Waals surface area contributed by atoms with Gasteiger partial charge in [-0.05, 0) is 65.8 Å². The lowest BCUT2D eigenvalue weighted by Gasteiger charge is -2.29. The molecule has 4 rings (SSSR count). The Balaban J connectivity index is 1.70. The van der Waals surface area contributed by atoms with Gasteiger partial charge >= 0.3 is 0 Å². The van der Waals surface area contributed by atoms with Gasteiger partial charge in [-0.15, -0.1) is 0 Å². The van der Waals surface area contributed by atoms with Crippen molar-refractivity contribution in [2.24, 2.45) is 0 Å². The molecular formula is C26H21ClN2O5S. The van der Waals surface area contributed by atoms with Crippen LogP contribution >= 0.6 is 23.8 Å². The SMILES string of the molecule is COc1cc(C=C2C(=O)NC(=S)N(c3ccc(Cl)cc3)C2=O)cc(OCc2ccccc2)c1OC. The summed E-state index contributed by atoms with van der Waals surface area (Å²) in [6.07, 6.45) is 1.46. The maximum absolute atomic E-state index is 13.3. The molecule has 0 bridgehead atoms. The number of ether oxygens (including phenoxy) is 3. The van der Waals surface area contributed by atoms with E-state index in [1.807, 2.05) is 30.3 Å². The van der Waals surface area contributed by atoms with E-state index in [0.717, 1.165) is 5.56 Å². The van der Waals surface area contributed by atoms with E-state index in [1.165, 1.54) is 25.2 Å². The van der Waals surface area contributed by atoms with Crippen molar-refractivity contribution in [2.45, 2.75) is 6.61 Å². The Morgan fingerprint density at radius 3 is 2.31 bits per heavy atom. The van der Waals surface area contributed by atoms with E-state index >= 15 is 0 Å². The molecule has 0 radical (unpaired) electrons. The molecule has 1 aliphatic rings. The number of methoxy groups -OCH3 is 2. The summed E-state index contributed by atoms with van der Waals surface area (Å²) < 4.78 is 17.0. The second-order valence-corrected chi connectivity index (χ2v) is 8.29. The number of thiocarbonyl (C=S) groups is 1. The number of hydrogen-bond acceptors (Lipinski definition) is 6. The number of halogens is 1. The molecule has 0 atom stereocenters. The molecule has 0 unspecified atom stereocenters. The van der Waals surface area contributed by atoms with Crippen molar-refractivity contribution in [3.63, 3.8) is 0 Å². The van der Waals surface area contributed by atoms with Crippen LogP contribution in [0.4, 0.5) is 5.69 Å². The van der Waals surface area contributed by atoms with Gasteiger partial charge in [-0.3, -0.25) is 19.8 Å². The van der Waals surface area contributed by atoms with Crippen LogP contribution in [-0.4, -0.2) is 31.1 Å². The highest BCUT2D eigenvalue weighted by molar-refractivity contribution is 7.80. The quantitative estimate of drug-likeness (QED) is 0.281. The zero-order valence-corrected chi connectivity index (χ0v) is 20.5. The predicted molar refractivity (Wildman–Crippen MR) is 138 cm³/mol. The molecule has 1 aliphatic heterocycles. The first-order valence-electron chi connectivity index (χ1n) is 10.5. The van der Waals surface area contributed by atoms with Gasteiger partial charge in [-0.1, -0.05) is 41.9 Å². The molecule has 35 heavy (non-hydrogen) atoms. The summed E-state index contributed by atoms with van der Waals surface area (Å²) in [6.45, 7) is 0.290. The molecule has 2 amide bonds. The van der Waals surface area contributed by atoms with Crippen molar-refractivity contribution >= 4 is 52.5 Å². The molecule has 9 heteroatoms. The normalized spacial score (nSPS) is 14.7. The summed E-state index contributed by atoms with van der Waals surface area (Å²) in [5, 5.41) is 3.06. The van der Waals surface area contributed by atoms with Crippen molar-refractivity contribution in [1.29, 1.82) is 0 Å². The molecule has 1 N–H and O–H groups in total. The summed E-state index contributed by atoms with van der Waals surface area (Å²) in [4.78, 5) is 27.2. The lowest BCUT2D eigenvalue weighted by molar-refractivity contribution is -0.122. The fourth-order valence-electron chi connectivity index (χ4n) is 3.52. The molecule has 1 saturated heterocycles. The van der Waals surface area contributed by atoms with E-state index in [-0.39, 0.29) is 10.7 Å². The van der Waals surface area contributed by atoms with Crippen LogP contribution in [0.2, 0.25) is 5.02 Å². The minimum Gasteiger partial charge on any atom is -0.493 e. The summed E-state index contributed by atoms with van der Waals surface area (Å²) in [5.41, 5.74) is 1.85. The maximum atomic E-state index is 13.3. The number of nitrogens with one attached hydrogen (secondary N) is 1. The molecule has 0 aliphatic carbocycles. The van der Waals surface area contributed by atoms with Crippen molar-refractivity contribution in [1.82, 2.24) is 5.32 Å². The van der Waals surface area contributed by atoms with Crippen LogP contribution in [0.15, 0.2) is 72.3 Å². The van der Waals surface area contributed by atoms with E-state index in [2.05, 4.69) is 5.32 Å². The van der Waals surface area contributed by atoms with Gasteiger partial charge in [0.15, 0.2) is 16.6 Å². The Labute approximate surface area is 212 Å². The highest BCUT2D eigenvalue weighted by Gasteiger charge is 2.34. The Hall–Kier alpha value is -3.88. The van der Waals surface area contributed by atoms with Gasteiger partial charge < -0.3 is 14.2 Å². The van der Waals surface area contributed by atoms with Crippen LogP contribution in [0.1, 0.15) is 11.1 Å². The lowest BCUT2D eigenvalue weighted by atomic mass is 10.1. The van der Waals surface area contributed by atoms with E-state index in [9.17, 15) is 9.59 Å². The maximum Gasteiger partial charge on any atom is 0.270 e. The van der Waals surface area contributed by atoms with Gasteiger partial charge in [0.2, 0.25) is 5.75 Å². The van der Waals surface area contributed by atoms with E-state index in [0.29, 0.717) is 40.1 Å². The van der Waals surface area contributed by atoms with Crippen LogP contribution in [-0.2, 0) is 16.2 Å². The third-order valence-electron chi connectivity index (χ3n) is 5.20. The second-order valence-electron chi connectivity index (χ2n) is 7.46. The topological polar surface area (TPSA) is 77.1 Å². The monoisotopic (exact) mass is 508 g/mol. The zero-order chi connectivity index (χ0) is 24.9. The van der Waals surface area contributed by atoms with Crippen molar-refractivity contribution in [3.05, 3.63) is 88.5 Å².